The molecule has 0 radical (unpaired) electrons. The fourth-order valence-electron chi connectivity index (χ4n) is 11.6. The molecule has 0 bridgehead atoms. The molecule has 10 aromatic rings. The quantitative estimate of drug-likeness (QED) is 0.0443. The minimum Gasteiger partial charge on any atom is -0.376 e. The number of aryl methyl sites for hydroxylation is 2. The van der Waals surface area contributed by atoms with Crippen LogP contribution in [0, 0.1) is 13.8 Å². The van der Waals surface area contributed by atoms with E-state index in [1.807, 2.05) is 19.9 Å². The second-order valence-electron chi connectivity index (χ2n) is 23.7. The van der Waals surface area contributed by atoms with Crippen LogP contribution >= 0.6 is 35.6 Å². The van der Waals surface area contributed by atoms with Crippen molar-refractivity contribution in [3.05, 3.63) is 173 Å². The van der Waals surface area contributed by atoms with Gasteiger partial charge in [-0.25, -0.2) is 54.7 Å². The molecule has 13 rings (SSSR count). The lowest BCUT2D eigenvalue weighted by atomic mass is 10.1. The number of amides is 2. The highest BCUT2D eigenvalue weighted by molar-refractivity contribution is 7.90. The van der Waals surface area contributed by atoms with Gasteiger partial charge in [-0.1, -0.05) is 58.6 Å². The number of nitrogens with zero attached hydrogens (tertiary/aromatic N) is 10. The van der Waals surface area contributed by atoms with Gasteiger partial charge in [0, 0.05) is 90.9 Å². The molecule has 0 saturated carbocycles. The van der Waals surface area contributed by atoms with Crippen molar-refractivity contribution in [1.82, 2.24) is 57.9 Å². The molecule has 6 aromatic heterocycles. The van der Waals surface area contributed by atoms with Gasteiger partial charge in [-0.2, -0.15) is 26.3 Å². The molecule has 9 heterocycles. The summed E-state index contributed by atoms with van der Waals surface area (Å²) in [4.78, 5) is 57.8. The third-order valence-electron chi connectivity index (χ3n) is 16.6. The summed E-state index contributed by atoms with van der Waals surface area (Å²) in [6.45, 7) is 7.25. The zero-order valence-electron chi connectivity index (χ0n) is 53.1. The number of benzene rings is 4. The smallest absolute Gasteiger partial charge is 0.376 e. The molecule has 23 nitrogen and oxygen atoms in total. The summed E-state index contributed by atoms with van der Waals surface area (Å²) in [7, 11) is -7.59. The molecule has 7 N–H and O–H groups in total. The van der Waals surface area contributed by atoms with E-state index in [0.717, 1.165) is 95.6 Å². The number of piperidine rings is 3. The van der Waals surface area contributed by atoms with Crippen LogP contribution in [0.4, 0.5) is 55.2 Å². The van der Waals surface area contributed by atoms with E-state index in [1.165, 1.54) is 41.3 Å². The summed E-state index contributed by atoms with van der Waals surface area (Å²) in [5.41, 5.74) is 1.75. The van der Waals surface area contributed by atoms with E-state index >= 15 is 0 Å². The number of rotatable bonds is 16. The molecule has 0 unspecified atom stereocenters. The van der Waals surface area contributed by atoms with Gasteiger partial charge in [0.1, 0.15) is 42.1 Å². The number of aromatic amines is 1. The topological polar surface area (TPSA) is 284 Å². The Balaban J connectivity index is 0.000000164. The Bertz CT molecular complexity index is 4730. The van der Waals surface area contributed by atoms with Crippen molar-refractivity contribution in [2.24, 2.45) is 0 Å². The van der Waals surface area contributed by atoms with Crippen LogP contribution in [0.1, 0.15) is 60.8 Å². The normalized spacial score (nSPS) is 16.8. The van der Waals surface area contributed by atoms with Crippen LogP contribution in [0.25, 0.3) is 33.1 Å². The monoisotopic (exact) mass is 1470 g/mol. The van der Waals surface area contributed by atoms with Crippen molar-refractivity contribution in [3.63, 3.8) is 0 Å². The van der Waals surface area contributed by atoms with E-state index in [0.29, 0.717) is 66.5 Å². The lowest BCUT2D eigenvalue weighted by Crippen LogP contribution is -2.47. The Kier molecular flexibility index (Phi) is 22.8. The zero-order valence-corrected chi connectivity index (χ0v) is 57.0. The number of nitrogens with one attached hydrogen (secondary N) is 7. The molecule has 0 spiro atoms. The Morgan fingerprint density at radius 1 is 0.545 bits per heavy atom. The maximum absolute atomic E-state index is 13.3. The van der Waals surface area contributed by atoms with Crippen molar-refractivity contribution in [3.8, 4) is 0 Å². The van der Waals surface area contributed by atoms with Gasteiger partial charge in [0.2, 0.25) is 11.8 Å². The number of H-pyrrole nitrogens is 1. The molecule has 2 amide bonds. The molecular weight excluding hydrogens is 1400 g/mol. The molecule has 524 valence electrons. The lowest BCUT2D eigenvalue weighted by molar-refractivity contribution is -0.138. The van der Waals surface area contributed by atoms with Crippen molar-refractivity contribution in [2.45, 2.75) is 92.6 Å². The van der Waals surface area contributed by atoms with Gasteiger partial charge < -0.3 is 46.7 Å². The minimum atomic E-state index is -4.56. The third kappa shape index (κ3) is 17.7. The maximum Gasteiger partial charge on any atom is 0.416 e. The number of hydrogen-bond donors (Lipinski definition) is 7. The minimum absolute atomic E-state index is 0. The van der Waals surface area contributed by atoms with Gasteiger partial charge in [-0.3, -0.25) is 9.59 Å². The predicted octanol–water partition coefficient (Wildman–Crippen LogP) is 11.9. The van der Waals surface area contributed by atoms with Gasteiger partial charge in [0.15, 0.2) is 11.3 Å². The van der Waals surface area contributed by atoms with Crippen molar-refractivity contribution in [1.29, 1.82) is 0 Å². The number of hydrogen-bond acceptors (Lipinski definition) is 18. The fraction of sp³-hybridized carbons (Fsp3) is 0.323. The maximum atomic E-state index is 13.3. The van der Waals surface area contributed by atoms with Crippen molar-refractivity contribution >= 4 is 129 Å². The lowest BCUT2D eigenvalue weighted by Gasteiger charge is -2.33. The van der Waals surface area contributed by atoms with Gasteiger partial charge >= 0.3 is 12.4 Å². The Morgan fingerprint density at radius 3 is 1.40 bits per heavy atom. The van der Waals surface area contributed by atoms with Crippen LogP contribution in [0.5, 0.6) is 0 Å². The van der Waals surface area contributed by atoms with Crippen molar-refractivity contribution < 1.29 is 52.8 Å². The average molecular weight is 1470 g/mol. The number of fused-ring (bicyclic) bond motifs is 3. The van der Waals surface area contributed by atoms with E-state index in [4.69, 9.17) is 23.2 Å². The molecule has 34 heteroatoms. The number of alkyl halides is 6. The van der Waals surface area contributed by atoms with E-state index in [1.54, 1.807) is 82.9 Å². The van der Waals surface area contributed by atoms with E-state index in [9.17, 15) is 52.8 Å². The van der Waals surface area contributed by atoms with Crippen molar-refractivity contribution in [2.75, 3.05) is 78.9 Å². The van der Waals surface area contributed by atoms with Crippen LogP contribution in [-0.2, 0) is 42.0 Å². The molecule has 3 fully saturated rings. The SMILES string of the molecule is Cc1ccc(S(=O)(=O)n2ccc3c(N[C@H]4CCCN(C(=O)CNc5cc(Cl)cc(C(F)(F)F)c5)C4)ncnc32)cc1.Cc1ccc(S(=O)(=O)n2ccc3c(N[C@H]4CCCNC4)ncnc32)cc1.Cl.O=C(CNc1cc(Cl)cc(C(F)(F)F)c1)N1CCC[C@H](Nc2ncnc3[nH]ccc23)C1. The van der Waals surface area contributed by atoms with Gasteiger partial charge in [0.05, 0.1) is 50.2 Å². The molecule has 0 aliphatic carbocycles. The number of likely N-dealkylation sites (tertiary alicyclic amines) is 2. The van der Waals surface area contributed by atoms with Crippen LogP contribution in [0.3, 0.4) is 0 Å². The summed E-state index contributed by atoms with van der Waals surface area (Å²) < 4.78 is 133. The van der Waals surface area contributed by atoms with Crippen LogP contribution in [0.2, 0.25) is 10.0 Å². The van der Waals surface area contributed by atoms with Crippen LogP contribution in [0.15, 0.2) is 150 Å². The van der Waals surface area contributed by atoms with E-state index < -0.39 is 43.5 Å². The highest BCUT2D eigenvalue weighted by Gasteiger charge is 2.34. The standard InChI is InChI=1S/C27H26ClF3N6O3S.C20H20ClF3N6O.C18H21N5O2S.ClH/c1-17-4-6-22(7-5-17)41(39,40)37-10-8-23-25(33-16-34-26(23)37)35-20-3-2-9-36(15-20)24(38)14-32-21-12-18(27(29,30)31)11-19(28)13-21;21-13-6-12(20(22,23)24)7-15(8-13)26-9-17(31)30-5-1-2-14(10-30)29-19-16-3-4-25-18(16)27-11-28-19;1-13-4-6-15(7-5-13)26(24,25)23-10-8-16-17(20-12-21-18(16)23)22-14-3-2-9-19-11-14;/h4-8,10-13,16,20,32H,2-3,9,14-15H2,1H3,(H,33,34,35);3-4,6-8,11,14,26H,1-2,5,9-10H2,(H2,25,27,28,29);4-8,10,12,14,19H,2-3,9,11H2,1H3,(H,20,21,22);1H/t20-;2*14-;/m000./s1. The first-order chi connectivity index (χ1) is 46.8. The molecular formula is C65H68Cl3F6N17O6S2. The number of carbonyl (C=O) groups is 2. The van der Waals surface area contributed by atoms with Crippen LogP contribution < -0.4 is 31.9 Å². The van der Waals surface area contributed by atoms with Gasteiger partial charge in [-0.05, 0) is 138 Å². The molecule has 3 saturated heterocycles. The van der Waals surface area contributed by atoms with Gasteiger partial charge in [0.25, 0.3) is 20.0 Å². The number of carbonyl (C=O) groups excluding carboxylic acids is 2. The van der Waals surface area contributed by atoms with E-state index in [2.05, 4.69) is 66.8 Å². The number of halogens is 9. The predicted molar refractivity (Wildman–Crippen MR) is 370 cm³/mol. The highest BCUT2D eigenvalue weighted by atomic mass is 35.5. The Morgan fingerprint density at radius 2 is 0.970 bits per heavy atom. The summed E-state index contributed by atoms with van der Waals surface area (Å²) in [6, 6.07) is 24.9. The van der Waals surface area contributed by atoms with Crippen LogP contribution in [-0.4, -0.2) is 152 Å². The van der Waals surface area contributed by atoms with Gasteiger partial charge in [-0.15, -0.1) is 12.4 Å². The highest BCUT2D eigenvalue weighted by Crippen LogP contribution is 2.36. The average Bonchev–Trinajstić information content (AvgIpc) is 1.66. The second-order valence-corrected chi connectivity index (χ2v) is 28.2. The first kappa shape index (κ1) is 72.7. The molecule has 3 atom stereocenters. The molecule has 4 aromatic carbocycles. The fourth-order valence-corrected chi connectivity index (χ4v) is 14.7. The first-order valence-corrected chi connectivity index (χ1v) is 34.8. The summed E-state index contributed by atoms with van der Waals surface area (Å²) >= 11 is 11.6. The summed E-state index contributed by atoms with van der Waals surface area (Å²) in [6.07, 6.45) is 5.10. The number of anilines is 5. The Labute approximate surface area is 581 Å². The molecule has 3 aliphatic rings. The summed E-state index contributed by atoms with van der Waals surface area (Å²) in [5, 5.41) is 20.9. The van der Waals surface area contributed by atoms with E-state index in [-0.39, 0.29) is 92.3 Å². The number of aromatic nitrogens is 9. The molecule has 3 aliphatic heterocycles. The second kappa shape index (κ2) is 31.0. The largest absolute Gasteiger partial charge is 0.416 e. The third-order valence-corrected chi connectivity index (χ3v) is 20.4. The first-order valence-electron chi connectivity index (χ1n) is 31.1. The Hall–Kier alpha value is -9.01. The molecule has 99 heavy (non-hydrogen) atoms. The summed E-state index contributed by atoms with van der Waals surface area (Å²) in [5.74, 6) is 1.32. The zero-order chi connectivity index (χ0) is 69.5.